The van der Waals surface area contributed by atoms with Crippen LogP contribution in [0.1, 0.15) is 55.5 Å². The van der Waals surface area contributed by atoms with Crippen molar-refractivity contribution in [2.45, 2.75) is 52.1 Å². The van der Waals surface area contributed by atoms with E-state index in [4.69, 9.17) is 0 Å². The smallest absolute Gasteiger partial charge is 0.317 e. The van der Waals surface area contributed by atoms with Crippen molar-refractivity contribution in [2.75, 3.05) is 13.1 Å². The quantitative estimate of drug-likeness (QED) is 0.897. The summed E-state index contributed by atoms with van der Waals surface area (Å²) in [6.45, 7) is 5.98. The number of nitrogens with zero attached hydrogens (tertiary/aromatic N) is 1. The topological polar surface area (TPSA) is 61.4 Å². The van der Waals surface area contributed by atoms with Gasteiger partial charge in [-0.05, 0) is 44.4 Å². The number of urea groups is 1. The second-order valence-corrected chi connectivity index (χ2v) is 6.39. The molecule has 1 aromatic carbocycles. The maximum atomic E-state index is 12.2. The first-order valence-electron chi connectivity index (χ1n) is 8.49. The van der Waals surface area contributed by atoms with Crippen molar-refractivity contribution in [1.82, 2.24) is 15.5 Å². The zero-order chi connectivity index (χ0) is 16.7. The zero-order valence-corrected chi connectivity index (χ0v) is 14.1. The van der Waals surface area contributed by atoms with Gasteiger partial charge in [-0.25, -0.2) is 4.79 Å². The molecule has 1 heterocycles. The summed E-state index contributed by atoms with van der Waals surface area (Å²) < 4.78 is 0. The Bertz CT molecular complexity index is 535. The van der Waals surface area contributed by atoms with Gasteiger partial charge in [0.05, 0.1) is 0 Å². The van der Waals surface area contributed by atoms with Gasteiger partial charge >= 0.3 is 6.03 Å². The fourth-order valence-corrected chi connectivity index (χ4v) is 2.73. The molecule has 1 fully saturated rings. The highest BCUT2D eigenvalue weighted by molar-refractivity contribution is 5.94. The van der Waals surface area contributed by atoms with Crippen LogP contribution < -0.4 is 10.6 Å². The minimum absolute atomic E-state index is 0.0102. The molecular formula is C18H27N3O2. The van der Waals surface area contributed by atoms with Gasteiger partial charge in [0.1, 0.15) is 0 Å². The SMILES string of the molecule is CC(C)NC(=O)c1cccc(CNC(=O)N2CCCCCC2)c1. The Kier molecular flexibility index (Phi) is 6.44. The van der Waals surface area contributed by atoms with E-state index in [0.29, 0.717) is 12.1 Å². The minimum Gasteiger partial charge on any atom is -0.350 e. The van der Waals surface area contributed by atoms with Crippen LogP contribution in [0.25, 0.3) is 0 Å². The third kappa shape index (κ3) is 5.58. The number of likely N-dealkylation sites (tertiary alicyclic amines) is 1. The highest BCUT2D eigenvalue weighted by Crippen LogP contribution is 2.10. The Morgan fingerprint density at radius 1 is 1.13 bits per heavy atom. The van der Waals surface area contributed by atoms with E-state index in [1.165, 1.54) is 12.8 Å². The average Bonchev–Trinajstić information content (AvgIpc) is 2.81. The molecule has 3 amide bonds. The fraction of sp³-hybridized carbons (Fsp3) is 0.556. The summed E-state index contributed by atoms with van der Waals surface area (Å²) in [5.74, 6) is -0.0827. The van der Waals surface area contributed by atoms with Crippen LogP contribution in [0.5, 0.6) is 0 Å². The lowest BCUT2D eigenvalue weighted by Gasteiger charge is -2.20. The summed E-state index contributed by atoms with van der Waals surface area (Å²) in [6.07, 6.45) is 4.57. The van der Waals surface area contributed by atoms with Crippen LogP contribution in [0.2, 0.25) is 0 Å². The molecule has 0 spiro atoms. The summed E-state index contributed by atoms with van der Waals surface area (Å²) in [5.41, 5.74) is 1.56. The predicted octanol–water partition coefficient (Wildman–Crippen LogP) is 2.91. The van der Waals surface area contributed by atoms with Crippen molar-refractivity contribution in [3.05, 3.63) is 35.4 Å². The maximum absolute atomic E-state index is 12.2. The van der Waals surface area contributed by atoms with Crippen LogP contribution >= 0.6 is 0 Å². The van der Waals surface area contributed by atoms with Gasteiger partial charge in [0, 0.05) is 31.2 Å². The molecule has 1 aliphatic heterocycles. The molecule has 23 heavy (non-hydrogen) atoms. The van der Waals surface area contributed by atoms with Gasteiger partial charge in [0.25, 0.3) is 5.91 Å². The third-order valence-electron chi connectivity index (χ3n) is 3.95. The average molecular weight is 317 g/mol. The summed E-state index contributed by atoms with van der Waals surface area (Å²) in [4.78, 5) is 26.1. The van der Waals surface area contributed by atoms with E-state index in [1.54, 1.807) is 6.07 Å². The first-order chi connectivity index (χ1) is 11.1. The van der Waals surface area contributed by atoms with Crippen LogP contribution in [0.15, 0.2) is 24.3 Å². The van der Waals surface area contributed by atoms with Crippen LogP contribution in [-0.2, 0) is 6.54 Å². The number of carbonyl (C=O) groups is 2. The lowest BCUT2D eigenvalue weighted by molar-refractivity contribution is 0.0943. The Balaban J connectivity index is 1.90. The van der Waals surface area contributed by atoms with Gasteiger partial charge < -0.3 is 15.5 Å². The predicted molar refractivity (Wildman–Crippen MR) is 91.3 cm³/mol. The highest BCUT2D eigenvalue weighted by atomic mass is 16.2. The first-order valence-corrected chi connectivity index (χ1v) is 8.49. The number of nitrogens with one attached hydrogen (secondary N) is 2. The molecule has 0 radical (unpaired) electrons. The van der Waals surface area contributed by atoms with Crippen LogP contribution in [0, 0.1) is 0 Å². The van der Waals surface area contributed by atoms with Crippen LogP contribution in [-0.4, -0.2) is 36.0 Å². The van der Waals surface area contributed by atoms with Gasteiger partial charge in [-0.15, -0.1) is 0 Å². The molecule has 0 unspecified atom stereocenters. The lowest BCUT2D eigenvalue weighted by Crippen LogP contribution is -2.40. The minimum atomic E-state index is -0.0827. The second-order valence-electron chi connectivity index (χ2n) is 6.39. The Morgan fingerprint density at radius 3 is 2.48 bits per heavy atom. The molecule has 1 aliphatic rings. The largest absolute Gasteiger partial charge is 0.350 e. The number of hydrogen-bond acceptors (Lipinski definition) is 2. The Labute approximate surface area is 138 Å². The maximum Gasteiger partial charge on any atom is 0.317 e. The zero-order valence-electron chi connectivity index (χ0n) is 14.1. The molecule has 0 saturated carbocycles. The normalized spacial score (nSPS) is 15.2. The standard InChI is InChI=1S/C18H27N3O2/c1-14(2)20-17(22)16-9-7-8-15(12-16)13-19-18(23)21-10-5-3-4-6-11-21/h7-9,12,14H,3-6,10-11,13H2,1-2H3,(H,19,23)(H,20,22). The molecule has 2 rings (SSSR count). The van der Waals surface area contributed by atoms with E-state index in [0.717, 1.165) is 31.5 Å². The molecule has 5 heteroatoms. The van der Waals surface area contributed by atoms with E-state index in [-0.39, 0.29) is 18.0 Å². The fourth-order valence-electron chi connectivity index (χ4n) is 2.73. The highest BCUT2D eigenvalue weighted by Gasteiger charge is 2.15. The van der Waals surface area contributed by atoms with Gasteiger partial charge in [-0.3, -0.25) is 4.79 Å². The van der Waals surface area contributed by atoms with Crippen molar-refractivity contribution in [3.63, 3.8) is 0 Å². The summed E-state index contributed by atoms with van der Waals surface area (Å²) in [5, 5.41) is 5.83. The van der Waals surface area contributed by atoms with E-state index in [9.17, 15) is 9.59 Å². The number of hydrogen-bond donors (Lipinski definition) is 2. The first kappa shape index (κ1) is 17.3. The van der Waals surface area contributed by atoms with Crippen LogP contribution in [0.4, 0.5) is 4.79 Å². The molecule has 0 aromatic heterocycles. The van der Waals surface area contributed by atoms with E-state index < -0.39 is 0 Å². The summed E-state index contributed by atoms with van der Waals surface area (Å²) >= 11 is 0. The van der Waals surface area contributed by atoms with E-state index in [1.807, 2.05) is 36.9 Å². The van der Waals surface area contributed by atoms with Crippen molar-refractivity contribution >= 4 is 11.9 Å². The monoisotopic (exact) mass is 317 g/mol. The molecule has 5 nitrogen and oxygen atoms in total. The molecule has 0 aliphatic carbocycles. The molecular weight excluding hydrogens is 290 g/mol. The number of carbonyl (C=O) groups excluding carboxylic acids is 2. The van der Waals surface area contributed by atoms with E-state index in [2.05, 4.69) is 10.6 Å². The van der Waals surface area contributed by atoms with Gasteiger partial charge in [0.15, 0.2) is 0 Å². The molecule has 1 aromatic rings. The Hall–Kier alpha value is -2.04. The number of benzene rings is 1. The van der Waals surface area contributed by atoms with Gasteiger partial charge in [-0.1, -0.05) is 25.0 Å². The summed E-state index contributed by atoms with van der Waals surface area (Å²) in [6, 6.07) is 7.49. The van der Waals surface area contributed by atoms with E-state index >= 15 is 0 Å². The number of rotatable bonds is 4. The van der Waals surface area contributed by atoms with Gasteiger partial charge in [0.2, 0.25) is 0 Å². The molecule has 2 N–H and O–H groups in total. The third-order valence-corrected chi connectivity index (χ3v) is 3.95. The van der Waals surface area contributed by atoms with Crippen molar-refractivity contribution < 1.29 is 9.59 Å². The second kappa shape index (κ2) is 8.56. The van der Waals surface area contributed by atoms with Crippen molar-refractivity contribution in [1.29, 1.82) is 0 Å². The lowest BCUT2D eigenvalue weighted by atomic mass is 10.1. The van der Waals surface area contributed by atoms with Crippen molar-refractivity contribution in [3.8, 4) is 0 Å². The van der Waals surface area contributed by atoms with Gasteiger partial charge in [-0.2, -0.15) is 0 Å². The number of amides is 3. The molecule has 0 bridgehead atoms. The molecule has 0 atom stereocenters. The molecule has 126 valence electrons. The molecule has 1 saturated heterocycles. The summed E-state index contributed by atoms with van der Waals surface area (Å²) in [7, 11) is 0. The van der Waals surface area contributed by atoms with Crippen molar-refractivity contribution in [2.24, 2.45) is 0 Å². The Morgan fingerprint density at radius 2 is 1.83 bits per heavy atom. The van der Waals surface area contributed by atoms with Crippen LogP contribution in [0.3, 0.4) is 0 Å².